The number of hydrogen-bond donors (Lipinski definition) is 2. The summed E-state index contributed by atoms with van der Waals surface area (Å²) < 4.78 is 0. The van der Waals surface area contributed by atoms with Gasteiger partial charge in [0.25, 0.3) is 0 Å². The predicted molar refractivity (Wildman–Crippen MR) is 82.4 cm³/mol. The molecule has 0 spiro atoms. The molecule has 1 aromatic carbocycles. The average molecular weight is 286 g/mol. The van der Waals surface area contributed by atoms with E-state index in [1.165, 1.54) is 32.6 Å². The summed E-state index contributed by atoms with van der Waals surface area (Å²) in [6.07, 6.45) is 5.30. The Morgan fingerprint density at radius 3 is 2.43 bits per heavy atom. The summed E-state index contributed by atoms with van der Waals surface area (Å²) in [6, 6.07) is 6.86. The summed E-state index contributed by atoms with van der Waals surface area (Å²) in [5, 5.41) is 5.80. The van der Waals surface area contributed by atoms with Gasteiger partial charge in [-0.3, -0.25) is 4.79 Å². The molecule has 0 bridgehead atoms. The molecule has 2 N–H and O–H groups in total. The molecule has 0 atom stereocenters. The number of hydrogen-bond acceptors (Lipinski definition) is 2. The zero-order valence-electron chi connectivity index (χ0n) is 12.4. The van der Waals surface area contributed by atoms with Crippen LogP contribution in [-0.4, -0.2) is 18.4 Å². The molecule has 21 heavy (non-hydrogen) atoms. The second kappa shape index (κ2) is 5.88. The molecule has 112 valence electrons. The van der Waals surface area contributed by atoms with Crippen molar-refractivity contribution in [3.05, 3.63) is 29.8 Å². The maximum absolute atomic E-state index is 12.0. The van der Waals surface area contributed by atoms with E-state index in [9.17, 15) is 9.59 Å². The quantitative estimate of drug-likeness (QED) is 0.787. The number of amides is 2. The first-order valence-electron chi connectivity index (χ1n) is 7.79. The van der Waals surface area contributed by atoms with Crippen molar-refractivity contribution in [1.29, 1.82) is 0 Å². The fourth-order valence-electron chi connectivity index (χ4n) is 2.97. The van der Waals surface area contributed by atoms with Gasteiger partial charge in [-0.25, -0.2) is 4.79 Å². The Labute approximate surface area is 125 Å². The van der Waals surface area contributed by atoms with Gasteiger partial charge in [-0.15, -0.1) is 0 Å². The minimum absolute atomic E-state index is 0.00147. The summed E-state index contributed by atoms with van der Waals surface area (Å²) in [7, 11) is 0. The van der Waals surface area contributed by atoms with E-state index in [0.29, 0.717) is 17.2 Å². The van der Waals surface area contributed by atoms with E-state index in [1.54, 1.807) is 24.3 Å². The highest BCUT2D eigenvalue weighted by Crippen LogP contribution is 2.48. The van der Waals surface area contributed by atoms with Crippen LogP contribution in [0.1, 0.15) is 43.0 Å². The molecule has 0 aromatic heterocycles. The SMILES string of the molecule is CC(=O)c1cccc(NC(=O)NCC(C2CC2)C2CC2)c1. The van der Waals surface area contributed by atoms with E-state index < -0.39 is 0 Å². The van der Waals surface area contributed by atoms with Crippen LogP contribution >= 0.6 is 0 Å². The first-order valence-corrected chi connectivity index (χ1v) is 7.79. The fourth-order valence-corrected chi connectivity index (χ4v) is 2.97. The second-order valence-corrected chi connectivity index (χ2v) is 6.31. The van der Waals surface area contributed by atoms with Crippen molar-refractivity contribution in [2.75, 3.05) is 11.9 Å². The number of Topliss-reactive ketones (excluding diaryl/α,β-unsaturated/α-hetero) is 1. The third kappa shape index (κ3) is 3.84. The lowest BCUT2D eigenvalue weighted by atomic mass is 9.98. The first-order chi connectivity index (χ1) is 10.1. The molecular formula is C17H22N2O2. The Bertz CT molecular complexity index is 535. The van der Waals surface area contributed by atoms with Gasteiger partial charge in [-0.05, 0) is 62.5 Å². The number of urea groups is 1. The minimum atomic E-state index is -0.179. The number of benzene rings is 1. The van der Waals surface area contributed by atoms with Crippen LogP contribution in [0.15, 0.2) is 24.3 Å². The standard InChI is InChI=1S/C17H22N2O2/c1-11(20)14-3-2-4-15(9-14)19-17(21)18-10-16(12-5-6-12)13-7-8-13/h2-4,9,12-13,16H,5-8,10H2,1H3,(H2,18,19,21). The molecule has 0 aliphatic heterocycles. The van der Waals surface area contributed by atoms with E-state index in [1.807, 2.05) is 0 Å². The highest BCUT2D eigenvalue weighted by Gasteiger charge is 2.41. The number of carbonyl (C=O) groups is 2. The number of nitrogens with one attached hydrogen (secondary N) is 2. The summed E-state index contributed by atoms with van der Waals surface area (Å²) in [5.41, 5.74) is 1.27. The van der Waals surface area contributed by atoms with Crippen molar-refractivity contribution in [1.82, 2.24) is 5.32 Å². The summed E-state index contributed by atoms with van der Waals surface area (Å²) in [4.78, 5) is 23.3. The van der Waals surface area contributed by atoms with Crippen LogP contribution in [0.5, 0.6) is 0 Å². The van der Waals surface area contributed by atoms with Crippen LogP contribution in [-0.2, 0) is 0 Å². The molecule has 3 rings (SSSR count). The minimum Gasteiger partial charge on any atom is -0.338 e. The van der Waals surface area contributed by atoms with Gasteiger partial charge in [-0.2, -0.15) is 0 Å². The van der Waals surface area contributed by atoms with Crippen molar-refractivity contribution in [3.8, 4) is 0 Å². The molecule has 0 heterocycles. The maximum atomic E-state index is 12.0. The Hall–Kier alpha value is -1.84. The molecule has 1 aromatic rings. The molecule has 0 radical (unpaired) electrons. The molecule has 0 saturated heterocycles. The molecule has 4 heteroatoms. The van der Waals surface area contributed by atoms with E-state index >= 15 is 0 Å². The Morgan fingerprint density at radius 2 is 1.86 bits per heavy atom. The van der Waals surface area contributed by atoms with Crippen LogP contribution in [0.25, 0.3) is 0 Å². The van der Waals surface area contributed by atoms with Crippen LogP contribution < -0.4 is 10.6 Å². The lowest BCUT2D eigenvalue weighted by Crippen LogP contribution is -2.34. The number of carbonyl (C=O) groups excluding carboxylic acids is 2. The van der Waals surface area contributed by atoms with E-state index in [4.69, 9.17) is 0 Å². The number of rotatable bonds is 6. The van der Waals surface area contributed by atoms with Gasteiger partial charge >= 0.3 is 6.03 Å². The third-order valence-corrected chi connectivity index (χ3v) is 4.48. The van der Waals surface area contributed by atoms with Crippen molar-refractivity contribution >= 4 is 17.5 Å². The van der Waals surface area contributed by atoms with E-state index in [0.717, 1.165) is 18.4 Å². The number of anilines is 1. The van der Waals surface area contributed by atoms with Gasteiger partial charge in [0, 0.05) is 17.8 Å². The van der Waals surface area contributed by atoms with Crippen LogP contribution in [0.3, 0.4) is 0 Å². The largest absolute Gasteiger partial charge is 0.338 e. The molecule has 2 saturated carbocycles. The lowest BCUT2D eigenvalue weighted by molar-refractivity contribution is 0.101. The molecular weight excluding hydrogens is 264 g/mol. The van der Waals surface area contributed by atoms with Crippen molar-refractivity contribution < 1.29 is 9.59 Å². The van der Waals surface area contributed by atoms with E-state index in [-0.39, 0.29) is 11.8 Å². The predicted octanol–water partition coefficient (Wildman–Crippen LogP) is 3.45. The molecule has 2 amide bonds. The highest BCUT2D eigenvalue weighted by molar-refractivity contribution is 5.96. The van der Waals surface area contributed by atoms with Gasteiger partial charge < -0.3 is 10.6 Å². The van der Waals surface area contributed by atoms with Gasteiger partial charge in [-0.1, -0.05) is 12.1 Å². The summed E-state index contributed by atoms with van der Waals surface area (Å²) in [6.45, 7) is 2.29. The third-order valence-electron chi connectivity index (χ3n) is 4.48. The first kappa shape index (κ1) is 14.1. The molecule has 4 nitrogen and oxygen atoms in total. The van der Waals surface area contributed by atoms with Crippen molar-refractivity contribution in [2.24, 2.45) is 17.8 Å². The molecule has 2 fully saturated rings. The van der Waals surface area contributed by atoms with Gasteiger partial charge in [0.2, 0.25) is 0 Å². The fraction of sp³-hybridized carbons (Fsp3) is 0.529. The Kier molecular flexibility index (Phi) is 3.95. The Balaban J connectivity index is 1.51. The highest BCUT2D eigenvalue weighted by atomic mass is 16.2. The smallest absolute Gasteiger partial charge is 0.319 e. The average Bonchev–Trinajstić information content (AvgIpc) is 3.33. The summed E-state index contributed by atoms with van der Waals surface area (Å²) >= 11 is 0. The van der Waals surface area contributed by atoms with Crippen LogP contribution in [0.2, 0.25) is 0 Å². The van der Waals surface area contributed by atoms with E-state index in [2.05, 4.69) is 10.6 Å². The normalized spacial score (nSPS) is 17.6. The molecule has 2 aliphatic rings. The maximum Gasteiger partial charge on any atom is 0.319 e. The Morgan fingerprint density at radius 1 is 1.19 bits per heavy atom. The van der Waals surface area contributed by atoms with Gasteiger partial charge in [0.15, 0.2) is 5.78 Å². The van der Waals surface area contributed by atoms with Crippen molar-refractivity contribution in [3.63, 3.8) is 0 Å². The zero-order valence-corrected chi connectivity index (χ0v) is 12.4. The monoisotopic (exact) mass is 286 g/mol. The summed E-state index contributed by atoms with van der Waals surface area (Å²) in [5.74, 6) is 2.33. The topological polar surface area (TPSA) is 58.2 Å². The van der Waals surface area contributed by atoms with Gasteiger partial charge in [0.1, 0.15) is 0 Å². The zero-order chi connectivity index (χ0) is 14.8. The van der Waals surface area contributed by atoms with Crippen molar-refractivity contribution in [2.45, 2.75) is 32.6 Å². The lowest BCUT2D eigenvalue weighted by Gasteiger charge is -2.16. The number of ketones is 1. The molecule has 2 aliphatic carbocycles. The second-order valence-electron chi connectivity index (χ2n) is 6.31. The van der Waals surface area contributed by atoms with Crippen LogP contribution in [0, 0.1) is 17.8 Å². The molecule has 0 unspecified atom stereocenters. The van der Waals surface area contributed by atoms with Gasteiger partial charge in [0.05, 0.1) is 0 Å². The van der Waals surface area contributed by atoms with Crippen LogP contribution in [0.4, 0.5) is 10.5 Å².